The Morgan fingerprint density at radius 3 is 0.508 bits per heavy atom. The summed E-state index contributed by atoms with van der Waals surface area (Å²) < 4.78 is 0. The summed E-state index contributed by atoms with van der Waals surface area (Å²) in [6, 6.07) is 0. The fourth-order valence-corrected chi connectivity index (χ4v) is 15.2. The Morgan fingerprint density at radius 2 is 0.325 bits per heavy atom. The van der Waals surface area contributed by atoms with Gasteiger partial charge in [0.25, 0.3) is 0 Å². The third kappa shape index (κ3) is 149. The van der Waals surface area contributed by atoms with Crippen LogP contribution in [0.15, 0.2) is 0 Å². The fraction of sp³-hybridized carbons (Fsp3) is 1.00. The van der Waals surface area contributed by atoms with E-state index in [1.165, 1.54) is 484 Å². The van der Waals surface area contributed by atoms with Crippen molar-refractivity contribution in [3.8, 4) is 0 Å². The number of nitrogens with zero attached hydrogens (tertiary/aromatic N) is 9. The number of hydrogen-bond acceptors (Lipinski definition) is 9. The Hall–Kier alpha value is -0.360. The lowest BCUT2D eigenvalue weighted by molar-refractivity contribution is 0.198. The van der Waals surface area contributed by atoms with Crippen molar-refractivity contribution >= 4 is 0 Å². The normalized spacial score (nSPS) is 11.6. The molecule has 0 radical (unpaired) electrons. The zero-order chi connectivity index (χ0) is 97.2. The maximum Gasteiger partial charge on any atom is 0.000461 e. The molecule has 0 aliphatic carbocycles. The van der Waals surface area contributed by atoms with Crippen LogP contribution in [-0.2, 0) is 0 Å². The van der Waals surface area contributed by atoms with Crippen LogP contribution in [0.3, 0.4) is 0 Å². The Balaban J connectivity index is -0.000000176. The molecule has 0 saturated carbocycles. The minimum Gasteiger partial charge on any atom is -0.309 e. The van der Waals surface area contributed by atoms with Gasteiger partial charge in [-0.15, -0.1) is 0 Å². The zero-order valence-electron chi connectivity index (χ0n) is 96.0. The summed E-state index contributed by atoms with van der Waals surface area (Å²) in [6.45, 7) is 97.2. The molecule has 0 aliphatic rings. The third-order valence-corrected chi connectivity index (χ3v) is 23.7. The third-order valence-electron chi connectivity index (χ3n) is 23.7. The highest BCUT2D eigenvalue weighted by atomic mass is 15.1. The van der Waals surface area contributed by atoms with Gasteiger partial charge in [-0.25, -0.2) is 0 Å². The second-order valence-electron chi connectivity index (χ2n) is 43.4. The molecule has 0 amide bonds. The molecule has 0 bridgehead atoms. The summed E-state index contributed by atoms with van der Waals surface area (Å²) in [5, 5.41) is 0. The van der Waals surface area contributed by atoms with E-state index in [4.69, 9.17) is 0 Å². The summed E-state index contributed by atoms with van der Waals surface area (Å²) >= 11 is 0. The number of unbranched alkanes of at least 4 members (excludes halogenated alkanes) is 34. The van der Waals surface area contributed by atoms with Gasteiger partial charge in [0.15, 0.2) is 0 Å². The van der Waals surface area contributed by atoms with E-state index in [0.29, 0.717) is 5.41 Å². The van der Waals surface area contributed by atoms with Gasteiger partial charge >= 0.3 is 0 Å². The van der Waals surface area contributed by atoms with Crippen molar-refractivity contribution in [2.45, 2.75) is 548 Å². The highest BCUT2D eigenvalue weighted by molar-refractivity contribution is 4.68. The standard InChI is InChI=1S/C18H39N.C17H37N.2C15H33N.C13H29N.2C12H27N.C8H19N.C7H17N/c1-4-7-10-13-16-19(17-14-11-8-5-2)18-15-12-9-6-3;1-4-6-8-10-12-14-16-18(3)17-15-13-11-9-7-5-2;1-13(2)7-10-16(11-8-14(3)4)12-9-15(5)6;1-4-7-10-13-16(14-11-8-5-2)15-12-9-6-3;1-4-6-8-10-12-14(3)13-11-9-7-5-2;1-10(2)7-13(8-11(3)4)9-12(5)6;1-4-7-10-13(11-8-5-2)12-9-6-3;1-8(2,3)6-7-9(4)5;1-4-6-8(3)7-5-2/h4-18H2,1-3H3;4-17H2,1-3H3;13-15H,7-12H2,1-6H3;4-15H2,1-3H3;4-13H2,1-3H3;10-12H,7-9H2,1-6H3;4-12H2,1-3H3;6-7H2,1-5H3;4-7H2,1-3H3. The quantitative estimate of drug-likeness (QED) is 0.0553. The Bertz CT molecular complexity index is 1620. The minimum atomic E-state index is 0.490. The van der Waals surface area contributed by atoms with Gasteiger partial charge in [-0.05, 0) is 323 Å². The Morgan fingerprint density at radius 1 is 0.159 bits per heavy atom. The van der Waals surface area contributed by atoms with E-state index in [9.17, 15) is 0 Å². The van der Waals surface area contributed by atoms with E-state index in [2.05, 4.69) is 287 Å². The van der Waals surface area contributed by atoms with E-state index >= 15 is 0 Å². The van der Waals surface area contributed by atoms with Crippen molar-refractivity contribution in [3.05, 3.63) is 0 Å². The first-order valence-corrected chi connectivity index (χ1v) is 57.5. The second-order valence-corrected chi connectivity index (χ2v) is 43.4. The molecular weight excluding hydrogens is 1530 g/mol. The molecule has 0 spiro atoms. The lowest BCUT2D eigenvalue weighted by Gasteiger charge is -2.27. The first-order chi connectivity index (χ1) is 60.2. The smallest absolute Gasteiger partial charge is 0.000461 e. The molecule has 0 N–H and O–H groups in total. The Kier molecular flexibility index (Phi) is 137. The van der Waals surface area contributed by atoms with Crippen molar-refractivity contribution in [1.29, 1.82) is 0 Å². The monoisotopic (exact) mass is 1790 g/mol. The topological polar surface area (TPSA) is 29.2 Å². The van der Waals surface area contributed by atoms with Crippen LogP contribution in [0.2, 0.25) is 0 Å². The predicted molar refractivity (Wildman–Crippen MR) is 592 cm³/mol. The van der Waals surface area contributed by atoms with Crippen LogP contribution in [0.4, 0.5) is 0 Å². The molecule has 0 aromatic carbocycles. The molecule has 0 heterocycles. The molecule has 0 saturated heterocycles. The second kappa shape index (κ2) is 121. The average molecular weight is 1790 g/mol. The fourth-order valence-electron chi connectivity index (χ4n) is 15.2. The van der Waals surface area contributed by atoms with Crippen LogP contribution in [0.1, 0.15) is 548 Å². The van der Waals surface area contributed by atoms with Gasteiger partial charge in [-0.1, -0.05) is 426 Å². The first-order valence-electron chi connectivity index (χ1n) is 57.5. The van der Waals surface area contributed by atoms with Crippen LogP contribution in [0.25, 0.3) is 0 Å². The molecule has 9 heteroatoms. The lowest BCUT2D eigenvalue weighted by Crippen LogP contribution is -2.34. The van der Waals surface area contributed by atoms with Gasteiger partial charge in [-0.3, -0.25) is 0 Å². The van der Waals surface area contributed by atoms with Crippen LogP contribution < -0.4 is 0 Å². The molecule has 0 aromatic heterocycles. The van der Waals surface area contributed by atoms with E-state index in [0.717, 1.165) is 35.5 Å². The van der Waals surface area contributed by atoms with Crippen molar-refractivity contribution in [2.24, 2.45) is 40.9 Å². The van der Waals surface area contributed by atoms with Gasteiger partial charge in [-0.2, -0.15) is 0 Å². The van der Waals surface area contributed by atoms with Crippen molar-refractivity contribution in [2.75, 3.05) is 179 Å². The largest absolute Gasteiger partial charge is 0.309 e. The molecule has 0 atom stereocenters. The number of hydrogen-bond donors (Lipinski definition) is 0. The van der Waals surface area contributed by atoms with Gasteiger partial charge in [0.1, 0.15) is 0 Å². The molecule has 9 nitrogen and oxygen atoms in total. The summed E-state index contributed by atoms with van der Waals surface area (Å²) in [5.41, 5.74) is 0.490. The van der Waals surface area contributed by atoms with Crippen LogP contribution >= 0.6 is 0 Å². The first kappa shape index (κ1) is 143. The molecule has 0 rings (SSSR count). The van der Waals surface area contributed by atoms with Gasteiger partial charge in [0.2, 0.25) is 0 Å². The van der Waals surface area contributed by atoms with Crippen molar-refractivity contribution < 1.29 is 0 Å². The Labute approximate surface area is 807 Å². The molecule has 774 valence electrons. The van der Waals surface area contributed by atoms with Crippen LogP contribution in [0.5, 0.6) is 0 Å². The number of rotatable bonds is 81. The highest BCUT2D eigenvalue weighted by Gasteiger charge is 2.14. The van der Waals surface area contributed by atoms with E-state index in [-0.39, 0.29) is 0 Å². The van der Waals surface area contributed by atoms with Gasteiger partial charge in [0.05, 0.1) is 0 Å². The van der Waals surface area contributed by atoms with E-state index in [1.807, 2.05) is 0 Å². The molecule has 0 fully saturated rings. The summed E-state index contributed by atoms with van der Waals surface area (Å²) in [4.78, 5) is 22.9. The molecule has 0 aromatic rings. The zero-order valence-corrected chi connectivity index (χ0v) is 96.0. The maximum atomic E-state index is 2.74. The summed E-state index contributed by atoms with van der Waals surface area (Å²) in [7, 11) is 11.0. The summed E-state index contributed by atoms with van der Waals surface area (Å²) in [6.07, 6.45) is 73.3. The SMILES string of the molecule is CC(C)CCN(CCC(C)C)CCC(C)C.CC(C)CN(CC(C)C)CC(C)C.CCCCCCCCN(C)CCCCCCCC.CCCCCCN(C)CCCCCC.CCCCCCN(CCCCCC)CCCCCC.CCCCCN(CCCCC)CCCCC.CCCCN(CCCC)CCCC.CCCN(C)CCC.CN(C)CCC(C)(C)C. The molecule has 126 heavy (non-hydrogen) atoms. The summed E-state index contributed by atoms with van der Waals surface area (Å²) in [5.74, 6) is 4.87. The lowest BCUT2D eigenvalue weighted by atomic mass is 9.92. The van der Waals surface area contributed by atoms with Gasteiger partial charge in [0, 0.05) is 19.6 Å². The maximum absolute atomic E-state index is 2.74. The highest BCUT2D eigenvalue weighted by Crippen LogP contribution is 2.19. The van der Waals surface area contributed by atoms with E-state index in [1.54, 1.807) is 0 Å². The minimum absolute atomic E-state index is 0.490. The van der Waals surface area contributed by atoms with Gasteiger partial charge < -0.3 is 44.1 Å². The predicted octanol–water partition coefficient (Wildman–Crippen LogP) is 35.7. The average Bonchev–Trinajstić information content (AvgIpc) is 0.944. The molecule has 0 aliphatic heterocycles. The van der Waals surface area contributed by atoms with Crippen LogP contribution in [-0.4, -0.2) is 223 Å². The van der Waals surface area contributed by atoms with Crippen molar-refractivity contribution in [1.82, 2.24) is 44.1 Å². The van der Waals surface area contributed by atoms with E-state index < -0.39 is 0 Å². The van der Waals surface area contributed by atoms with Crippen LogP contribution in [0, 0.1) is 40.9 Å². The molecular formula is C117H261N9. The van der Waals surface area contributed by atoms with Crippen molar-refractivity contribution in [3.63, 3.8) is 0 Å². The molecule has 0 unspecified atom stereocenters.